The largest absolute Gasteiger partial charge is 0.293 e. The van der Waals surface area contributed by atoms with Gasteiger partial charge in [-0.15, -0.1) is 5.10 Å². The summed E-state index contributed by atoms with van der Waals surface area (Å²) in [5.41, 5.74) is 1.81. The molecule has 2 rings (SSSR count). The van der Waals surface area contributed by atoms with E-state index in [9.17, 15) is 4.79 Å². The third-order valence-electron chi connectivity index (χ3n) is 2.59. The molecule has 5 heteroatoms. The van der Waals surface area contributed by atoms with Gasteiger partial charge in [-0.05, 0) is 35.1 Å². The van der Waals surface area contributed by atoms with Crippen LogP contribution in [0.1, 0.15) is 40.7 Å². The summed E-state index contributed by atoms with van der Waals surface area (Å²) in [6, 6.07) is 7.78. The third-order valence-corrected chi connectivity index (χ3v) is 3.90. The molecule has 0 aliphatic heterocycles. The Morgan fingerprint density at radius 3 is 2.61 bits per heavy atom. The molecule has 3 nitrogen and oxygen atoms in total. The lowest BCUT2D eigenvalue weighted by Gasteiger charge is -2.03. The predicted molar refractivity (Wildman–Crippen MR) is 76.2 cm³/mol. The molecule has 0 aliphatic rings. The monoisotopic (exact) mass is 324 g/mol. The van der Waals surface area contributed by atoms with Crippen LogP contribution in [0, 0.1) is 0 Å². The summed E-state index contributed by atoms with van der Waals surface area (Å²) >= 11 is 4.57. The summed E-state index contributed by atoms with van der Waals surface area (Å²) in [6.45, 7) is 4.04. The fraction of sp³-hybridized carbons (Fsp3) is 0.308. The number of nitrogens with zero attached hydrogens (tertiary/aromatic N) is 2. The summed E-state index contributed by atoms with van der Waals surface area (Å²) in [6.07, 6.45) is 0.400. The second-order valence-corrected chi connectivity index (χ2v) is 6.04. The van der Waals surface area contributed by atoms with E-state index in [1.54, 1.807) is 0 Å². The van der Waals surface area contributed by atoms with Gasteiger partial charge < -0.3 is 0 Å². The molecule has 0 amide bonds. The minimum atomic E-state index is 0.0935. The van der Waals surface area contributed by atoms with E-state index in [0.717, 1.165) is 15.7 Å². The first-order chi connectivity index (χ1) is 8.58. The molecule has 0 N–H and O–H groups in total. The van der Waals surface area contributed by atoms with Crippen LogP contribution in [0.2, 0.25) is 0 Å². The van der Waals surface area contributed by atoms with Gasteiger partial charge in [0.1, 0.15) is 4.88 Å². The van der Waals surface area contributed by atoms with Crippen molar-refractivity contribution >= 4 is 33.2 Å². The molecule has 0 atom stereocenters. The Balaban J connectivity index is 2.17. The molecule has 0 saturated carbocycles. The van der Waals surface area contributed by atoms with E-state index >= 15 is 0 Å². The van der Waals surface area contributed by atoms with E-state index in [-0.39, 0.29) is 11.7 Å². The number of Topliss-reactive ketones (excluding diaryl/α,β-unsaturated/α-hetero) is 1. The number of halogens is 1. The molecule has 0 unspecified atom stereocenters. The van der Waals surface area contributed by atoms with E-state index in [1.807, 2.05) is 38.1 Å². The number of rotatable bonds is 4. The molecule has 0 aliphatic carbocycles. The van der Waals surface area contributed by atoms with Crippen molar-refractivity contribution in [1.82, 2.24) is 9.59 Å². The smallest absolute Gasteiger partial charge is 0.180 e. The highest BCUT2D eigenvalue weighted by Crippen LogP contribution is 2.22. The van der Waals surface area contributed by atoms with Gasteiger partial charge in [0, 0.05) is 10.9 Å². The van der Waals surface area contributed by atoms with Crippen molar-refractivity contribution in [2.75, 3.05) is 0 Å². The van der Waals surface area contributed by atoms with Crippen molar-refractivity contribution in [2.24, 2.45) is 0 Å². The van der Waals surface area contributed by atoms with Crippen molar-refractivity contribution in [3.8, 4) is 0 Å². The first-order valence-corrected chi connectivity index (χ1v) is 7.24. The standard InChI is InChI=1S/C13H13BrN2OS/c1-8(2)12-13(18-16-15-12)11(17)7-9-3-5-10(14)6-4-9/h3-6,8H,7H2,1-2H3. The molecule has 2 aromatic rings. The minimum Gasteiger partial charge on any atom is -0.293 e. The quantitative estimate of drug-likeness (QED) is 0.802. The molecule has 0 spiro atoms. The zero-order chi connectivity index (χ0) is 13.1. The normalized spacial score (nSPS) is 10.9. The van der Waals surface area contributed by atoms with E-state index in [4.69, 9.17) is 0 Å². The van der Waals surface area contributed by atoms with Crippen LogP contribution in [0.15, 0.2) is 28.7 Å². The topological polar surface area (TPSA) is 42.9 Å². The molecule has 1 heterocycles. The summed E-state index contributed by atoms with van der Waals surface area (Å²) < 4.78 is 4.90. The van der Waals surface area contributed by atoms with Crippen LogP contribution in [-0.2, 0) is 6.42 Å². The molecule has 0 saturated heterocycles. The number of hydrogen-bond acceptors (Lipinski definition) is 4. The Hall–Kier alpha value is -1.07. The van der Waals surface area contributed by atoms with Gasteiger partial charge in [-0.1, -0.05) is 46.4 Å². The van der Waals surface area contributed by atoms with Gasteiger partial charge in [0.2, 0.25) is 0 Å². The summed E-state index contributed by atoms with van der Waals surface area (Å²) in [7, 11) is 0. The van der Waals surface area contributed by atoms with E-state index in [2.05, 4.69) is 25.5 Å². The Kier molecular flexibility index (Phi) is 4.24. The zero-order valence-corrected chi connectivity index (χ0v) is 12.6. The number of ketones is 1. The van der Waals surface area contributed by atoms with Gasteiger partial charge in [-0.2, -0.15) is 0 Å². The molecular weight excluding hydrogens is 312 g/mol. The van der Waals surface area contributed by atoms with E-state index in [1.165, 1.54) is 11.5 Å². The average Bonchev–Trinajstić information content (AvgIpc) is 2.81. The lowest BCUT2D eigenvalue weighted by molar-refractivity contribution is 0.0995. The van der Waals surface area contributed by atoms with E-state index < -0.39 is 0 Å². The number of benzene rings is 1. The first kappa shape index (κ1) is 13.4. The maximum absolute atomic E-state index is 12.2. The maximum atomic E-state index is 12.2. The molecule has 18 heavy (non-hydrogen) atoms. The highest BCUT2D eigenvalue weighted by atomic mass is 79.9. The third kappa shape index (κ3) is 3.03. The van der Waals surface area contributed by atoms with Gasteiger partial charge in [-0.3, -0.25) is 4.79 Å². The average molecular weight is 325 g/mol. The second-order valence-electron chi connectivity index (χ2n) is 4.37. The molecular formula is C13H13BrN2OS. The Bertz CT molecular complexity index is 548. The van der Waals surface area contributed by atoms with Gasteiger partial charge >= 0.3 is 0 Å². The van der Waals surface area contributed by atoms with Crippen LogP contribution in [-0.4, -0.2) is 15.4 Å². The summed E-state index contributed by atoms with van der Waals surface area (Å²) in [5, 5.41) is 4.03. The maximum Gasteiger partial charge on any atom is 0.180 e. The highest BCUT2D eigenvalue weighted by molar-refractivity contribution is 9.10. The second kappa shape index (κ2) is 5.71. The SMILES string of the molecule is CC(C)c1nnsc1C(=O)Cc1ccc(Br)cc1. The number of hydrogen-bond donors (Lipinski definition) is 0. The summed E-state index contributed by atoms with van der Waals surface area (Å²) in [5.74, 6) is 0.323. The van der Waals surface area contributed by atoms with E-state index in [0.29, 0.717) is 11.3 Å². The molecule has 1 aromatic heterocycles. The molecule has 94 valence electrons. The van der Waals surface area contributed by atoms with Gasteiger partial charge in [0.25, 0.3) is 0 Å². The van der Waals surface area contributed by atoms with Gasteiger partial charge in [-0.25, -0.2) is 0 Å². The van der Waals surface area contributed by atoms with Crippen molar-refractivity contribution in [3.05, 3.63) is 44.9 Å². The number of carbonyl (C=O) groups excluding carboxylic acids is 1. The molecule has 0 radical (unpaired) electrons. The Labute approximate surface area is 119 Å². The van der Waals surface area contributed by atoms with Crippen LogP contribution >= 0.6 is 27.5 Å². The lowest BCUT2D eigenvalue weighted by Crippen LogP contribution is -2.05. The number of carbonyl (C=O) groups is 1. The first-order valence-electron chi connectivity index (χ1n) is 5.68. The minimum absolute atomic E-state index is 0.0935. The van der Waals surface area contributed by atoms with Crippen molar-refractivity contribution < 1.29 is 4.79 Å². The van der Waals surface area contributed by atoms with Crippen molar-refractivity contribution in [2.45, 2.75) is 26.2 Å². The van der Waals surface area contributed by atoms with Crippen LogP contribution in [0.3, 0.4) is 0 Å². The molecule has 0 bridgehead atoms. The summed E-state index contributed by atoms with van der Waals surface area (Å²) in [4.78, 5) is 12.9. The molecule has 0 fully saturated rings. The number of aromatic nitrogens is 2. The van der Waals surface area contributed by atoms with Crippen LogP contribution < -0.4 is 0 Å². The van der Waals surface area contributed by atoms with Crippen molar-refractivity contribution in [1.29, 1.82) is 0 Å². The fourth-order valence-electron chi connectivity index (χ4n) is 1.64. The highest BCUT2D eigenvalue weighted by Gasteiger charge is 2.18. The van der Waals surface area contributed by atoms with Gasteiger partial charge in [0.15, 0.2) is 5.78 Å². The molecule has 1 aromatic carbocycles. The van der Waals surface area contributed by atoms with Crippen LogP contribution in [0.5, 0.6) is 0 Å². The predicted octanol–water partition coefficient (Wildman–Crippen LogP) is 3.85. The zero-order valence-electron chi connectivity index (χ0n) is 10.2. The Morgan fingerprint density at radius 1 is 1.33 bits per heavy atom. The van der Waals surface area contributed by atoms with Gasteiger partial charge in [0.05, 0.1) is 5.69 Å². The van der Waals surface area contributed by atoms with Crippen LogP contribution in [0.4, 0.5) is 0 Å². The Morgan fingerprint density at radius 2 is 2.00 bits per heavy atom. The lowest BCUT2D eigenvalue weighted by atomic mass is 10.0. The van der Waals surface area contributed by atoms with Crippen molar-refractivity contribution in [3.63, 3.8) is 0 Å². The fourth-order valence-corrected chi connectivity index (χ4v) is 2.66. The van der Waals surface area contributed by atoms with Crippen LogP contribution in [0.25, 0.3) is 0 Å².